The molecule has 0 saturated heterocycles. The lowest BCUT2D eigenvalue weighted by Crippen LogP contribution is -2.12. The summed E-state index contributed by atoms with van der Waals surface area (Å²) >= 11 is 0. The summed E-state index contributed by atoms with van der Waals surface area (Å²) in [6.07, 6.45) is 0. The number of nitrogens with zero attached hydrogens (tertiary/aromatic N) is 2. The summed E-state index contributed by atoms with van der Waals surface area (Å²) in [7, 11) is 0. The predicted octanol–water partition coefficient (Wildman–Crippen LogP) is 20.0. The molecule has 0 unspecified atom stereocenters. The van der Waals surface area contributed by atoms with E-state index in [9.17, 15) is 0 Å². The first-order chi connectivity index (χ1) is 35.1. The Morgan fingerprint density at radius 2 is 0.792 bits per heavy atom. The Hall–Kier alpha value is -8.86. The summed E-state index contributed by atoms with van der Waals surface area (Å²) in [6, 6.07) is 80.9. The molecule has 0 radical (unpaired) electrons. The van der Waals surface area contributed by atoms with E-state index in [1.807, 2.05) is 0 Å². The third-order valence-corrected chi connectivity index (χ3v) is 14.5. The zero-order chi connectivity index (χ0) is 48.7. The molecule has 0 aliphatic rings. The number of anilines is 6. The van der Waals surface area contributed by atoms with E-state index < -0.39 is 0 Å². The van der Waals surface area contributed by atoms with Crippen LogP contribution in [-0.2, 0) is 5.41 Å². The van der Waals surface area contributed by atoms with Gasteiger partial charge < -0.3 is 18.6 Å². The van der Waals surface area contributed by atoms with Gasteiger partial charge in [-0.25, -0.2) is 0 Å². The molecule has 0 atom stereocenters. The highest BCUT2D eigenvalue weighted by molar-refractivity contribution is 6.20. The highest BCUT2D eigenvalue weighted by Gasteiger charge is 2.28. The molecule has 0 amide bonds. The molecule has 4 nitrogen and oxygen atoms in total. The quantitative estimate of drug-likeness (QED) is 0.152. The number of hydrogen-bond donors (Lipinski definition) is 0. The van der Waals surface area contributed by atoms with Crippen molar-refractivity contribution in [3.63, 3.8) is 0 Å². The maximum atomic E-state index is 7.10. The number of aryl methyl sites for hydroxylation is 2. The largest absolute Gasteiger partial charge is 0.456 e. The molecule has 13 aromatic rings. The van der Waals surface area contributed by atoms with Gasteiger partial charge in [0.15, 0.2) is 0 Å². The van der Waals surface area contributed by atoms with Gasteiger partial charge in [-0.1, -0.05) is 154 Å². The highest BCUT2D eigenvalue weighted by Crippen LogP contribution is 2.48. The first-order valence-electron chi connectivity index (χ1n) is 24.9. The molecular formula is C68H52N2O2. The van der Waals surface area contributed by atoms with Crippen LogP contribution >= 0.6 is 0 Å². The molecule has 11 aromatic carbocycles. The molecule has 0 N–H and O–H groups in total. The zero-order valence-corrected chi connectivity index (χ0v) is 41.1. The van der Waals surface area contributed by atoms with Crippen LogP contribution in [0, 0.1) is 13.8 Å². The van der Waals surface area contributed by atoms with E-state index in [-0.39, 0.29) is 5.41 Å². The molecule has 346 valence electrons. The van der Waals surface area contributed by atoms with Gasteiger partial charge >= 0.3 is 0 Å². The van der Waals surface area contributed by atoms with E-state index in [1.165, 1.54) is 33.4 Å². The highest BCUT2D eigenvalue weighted by atomic mass is 16.3. The minimum Gasteiger partial charge on any atom is -0.456 e. The van der Waals surface area contributed by atoms with Gasteiger partial charge in [0.05, 0.1) is 0 Å². The average molecular weight is 929 g/mol. The second-order valence-electron chi connectivity index (χ2n) is 20.3. The van der Waals surface area contributed by atoms with E-state index in [0.29, 0.717) is 0 Å². The number of hydrogen-bond acceptors (Lipinski definition) is 4. The Morgan fingerprint density at radius 1 is 0.333 bits per heavy atom. The molecular weight excluding hydrogens is 877 g/mol. The molecule has 4 heteroatoms. The average Bonchev–Trinajstić information content (AvgIpc) is 3.94. The van der Waals surface area contributed by atoms with Crippen molar-refractivity contribution in [3.05, 3.63) is 241 Å². The summed E-state index contributed by atoms with van der Waals surface area (Å²) in [4.78, 5) is 4.74. The minimum absolute atomic E-state index is 0.265. The maximum Gasteiger partial charge on any atom is 0.140 e. The molecule has 72 heavy (non-hydrogen) atoms. The number of fused-ring (bicyclic) bond motifs is 8. The Morgan fingerprint density at radius 3 is 1.28 bits per heavy atom. The third-order valence-electron chi connectivity index (χ3n) is 14.5. The molecule has 0 saturated carbocycles. The number of para-hydroxylation sites is 2. The monoisotopic (exact) mass is 928 g/mol. The maximum absolute atomic E-state index is 7.10. The van der Waals surface area contributed by atoms with Crippen LogP contribution in [0.1, 0.15) is 37.5 Å². The van der Waals surface area contributed by atoms with Crippen LogP contribution in [0.25, 0.3) is 87.7 Å². The zero-order valence-electron chi connectivity index (χ0n) is 41.1. The number of rotatable bonds is 8. The summed E-state index contributed by atoms with van der Waals surface area (Å²) in [6.45, 7) is 11.2. The Kier molecular flexibility index (Phi) is 10.2. The summed E-state index contributed by atoms with van der Waals surface area (Å²) < 4.78 is 14.1. The molecule has 0 fully saturated rings. The second-order valence-corrected chi connectivity index (χ2v) is 20.3. The molecule has 0 bridgehead atoms. The lowest BCUT2D eigenvalue weighted by Gasteiger charge is -2.28. The van der Waals surface area contributed by atoms with Gasteiger partial charge in [-0.2, -0.15) is 0 Å². The van der Waals surface area contributed by atoms with Crippen molar-refractivity contribution in [2.45, 2.75) is 40.0 Å². The number of benzene rings is 11. The van der Waals surface area contributed by atoms with E-state index >= 15 is 0 Å². The third kappa shape index (κ3) is 7.38. The fraction of sp³-hybridized carbons (Fsp3) is 0.0882. The van der Waals surface area contributed by atoms with Crippen LogP contribution in [0.2, 0.25) is 0 Å². The normalized spacial score (nSPS) is 12.0. The van der Waals surface area contributed by atoms with Crippen LogP contribution in [0.5, 0.6) is 0 Å². The minimum atomic E-state index is -0.265. The van der Waals surface area contributed by atoms with Gasteiger partial charge in [0.2, 0.25) is 0 Å². The Bertz CT molecular complexity index is 4050. The van der Waals surface area contributed by atoms with Crippen molar-refractivity contribution in [3.8, 4) is 22.3 Å². The van der Waals surface area contributed by atoms with Gasteiger partial charge in [-0.3, -0.25) is 0 Å². The molecule has 0 spiro atoms. The Balaban J connectivity index is 0.939. The fourth-order valence-electron chi connectivity index (χ4n) is 10.9. The van der Waals surface area contributed by atoms with Crippen molar-refractivity contribution < 1.29 is 8.83 Å². The molecule has 0 aliphatic heterocycles. The van der Waals surface area contributed by atoms with Gasteiger partial charge in [0.1, 0.15) is 22.3 Å². The SMILES string of the molecule is Cc1ccc(-c2ccccc2)cc1N(c1ccccc1)c1ccc2cc3c(cc2c1)oc1c(C(C)(C)C)c2c(cc13)oc1cc3cc(N(c4ccccc4)c4cc(-c5ccccc5)ccc4C)ccc3cc12. The van der Waals surface area contributed by atoms with E-state index in [0.717, 1.165) is 105 Å². The van der Waals surface area contributed by atoms with Crippen LogP contribution in [0.15, 0.2) is 233 Å². The topological polar surface area (TPSA) is 32.8 Å². The Labute approximate surface area is 419 Å². The van der Waals surface area contributed by atoms with Gasteiger partial charge in [-0.15, -0.1) is 0 Å². The van der Waals surface area contributed by atoms with Crippen LogP contribution in [-0.4, -0.2) is 0 Å². The van der Waals surface area contributed by atoms with Crippen molar-refractivity contribution in [2.75, 3.05) is 9.80 Å². The van der Waals surface area contributed by atoms with Gasteiger partial charge in [0.25, 0.3) is 0 Å². The van der Waals surface area contributed by atoms with E-state index in [4.69, 9.17) is 8.83 Å². The second kappa shape index (κ2) is 16.9. The lowest BCUT2D eigenvalue weighted by molar-refractivity contribution is 0.577. The van der Waals surface area contributed by atoms with Crippen LogP contribution in [0.4, 0.5) is 34.1 Å². The fourth-order valence-corrected chi connectivity index (χ4v) is 10.9. The molecule has 13 rings (SSSR count). The van der Waals surface area contributed by atoms with E-state index in [1.54, 1.807) is 0 Å². The van der Waals surface area contributed by atoms with Crippen LogP contribution in [0.3, 0.4) is 0 Å². The molecule has 2 heterocycles. The standard InChI is InChI=1S/C68H52N2O2/c1-43-26-28-49(45-18-10-6-11-19-45)38-60(43)69(53-22-14-8-15-23-53)55-32-30-47-36-57-58-42-64-65(66(68(3,4)5)67(58)72-62(57)40-51(47)34-55)59-37-48-31-33-56(35-52(48)41-63(59)71-64)70(54-24-16-9-17-25-54)61-39-50(29-27-44(61)2)46-20-12-7-13-21-46/h6-42H,1-5H3. The van der Waals surface area contributed by atoms with Crippen molar-refractivity contribution >= 4 is 99.5 Å². The van der Waals surface area contributed by atoms with Crippen molar-refractivity contribution in [2.24, 2.45) is 0 Å². The first-order valence-corrected chi connectivity index (χ1v) is 24.9. The summed E-state index contributed by atoms with van der Waals surface area (Å²) in [5.41, 5.74) is 18.1. The number of furan rings is 2. The molecule has 0 aliphatic carbocycles. The van der Waals surface area contributed by atoms with E-state index in [2.05, 4.69) is 269 Å². The van der Waals surface area contributed by atoms with Crippen molar-refractivity contribution in [1.82, 2.24) is 0 Å². The summed E-state index contributed by atoms with van der Waals surface area (Å²) in [5, 5.41) is 8.84. The van der Waals surface area contributed by atoms with Gasteiger partial charge in [-0.05, 0) is 165 Å². The summed E-state index contributed by atoms with van der Waals surface area (Å²) in [5.74, 6) is 0. The first kappa shape index (κ1) is 43.2. The van der Waals surface area contributed by atoms with Crippen molar-refractivity contribution in [1.29, 1.82) is 0 Å². The predicted molar refractivity (Wildman–Crippen MR) is 304 cm³/mol. The smallest absolute Gasteiger partial charge is 0.140 e. The van der Waals surface area contributed by atoms with Crippen LogP contribution < -0.4 is 9.80 Å². The van der Waals surface area contributed by atoms with Gasteiger partial charge in [0, 0.05) is 61.2 Å². The molecule has 2 aromatic heterocycles. The lowest BCUT2D eigenvalue weighted by atomic mass is 9.82.